The fraction of sp³-hybridized carbons (Fsp3) is 0.455. The Kier molecular flexibility index (Phi) is 3.15. The van der Waals surface area contributed by atoms with Crippen LogP contribution >= 0.6 is 0 Å². The maximum atomic E-state index is 5.42. The van der Waals surface area contributed by atoms with Crippen LogP contribution in [-0.4, -0.2) is 6.61 Å². The molecule has 0 aliphatic carbocycles. The molecule has 1 aliphatic heterocycles. The van der Waals surface area contributed by atoms with Crippen molar-refractivity contribution in [3.8, 4) is 0 Å². The molecule has 0 saturated carbocycles. The molecular weight excluding hydrogens is 148 g/mol. The van der Waals surface area contributed by atoms with Crippen LogP contribution in [0.3, 0.4) is 0 Å². The zero-order valence-electron chi connectivity index (χ0n) is 7.89. The van der Waals surface area contributed by atoms with Crippen molar-refractivity contribution in [1.82, 2.24) is 0 Å². The molecule has 0 bridgehead atoms. The van der Waals surface area contributed by atoms with E-state index in [9.17, 15) is 0 Å². The summed E-state index contributed by atoms with van der Waals surface area (Å²) in [6, 6.07) is 0. The molecule has 0 spiro atoms. The van der Waals surface area contributed by atoms with Crippen LogP contribution in [0.2, 0.25) is 0 Å². The van der Waals surface area contributed by atoms with Crippen LogP contribution in [0.25, 0.3) is 0 Å². The van der Waals surface area contributed by atoms with E-state index < -0.39 is 0 Å². The average Bonchev–Trinajstić information content (AvgIpc) is 2.47. The van der Waals surface area contributed by atoms with Gasteiger partial charge in [-0.25, -0.2) is 0 Å². The second-order valence-corrected chi connectivity index (χ2v) is 2.93. The third kappa shape index (κ3) is 2.00. The first-order valence-electron chi connectivity index (χ1n) is 4.45. The minimum absolute atomic E-state index is 0.797. The van der Waals surface area contributed by atoms with Crippen molar-refractivity contribution in [3.05, 3.63) is 35.6 Å². The standard InChI is InChI=1S/C11H16O/c1-4-10(5-2)8-11-9(3)6-7-12-11/h4,8H,3,5-7H2,1-2H3/b10-4-,11-8+. The van der Waals surface area contributed by atoms with Crippen LogP contribution in [-0.2, 0) is 4.74 Å². The molecule has 0 atom stereocenters. The molecule has 1 saturated heterocycles. The SMILES string of the molecule is C=C1CCO/C1=C/C(=C\C)CC. The Bertz CT molecular complexity index is 233. The summed E-state index contributed by atoms with van der Waals surface area (Å²) >= 11 is 0. The van der Waals surface area contributed by atoms with Gasteiger partial charge in [-0.2, -0.15) is 0 Å². The lowest BCUT2D eigenvalue weighted by Crippen LogP contribution is -1.83. The number of hydrogen-bond donors (Lipinski definition) is 0. The normalized spacial score (nSPS) is 21.7. The van der Waals surface area contributed by atoms with Crippen molar-refractivity contribution in [2.24, 2.45) is 0 Å². The van der Waals surface area contributed by atoms with Crippen molar-refractivity contribution in [2.75, 3.05) is 6.61 Å². The number of allylic oxidation sites excluding steroid dienone is 4. The summed E-state index contributed by atoms with van der Waals surface area (Å²) in [4.78, 5) is 0. The van der Waals surface area contributed by atoms with Crippen LogP contribution in [0.5, 0.6) is 0 Å². The van der Waals surface area contributed by atoms with Gasteiger partial charge in [0.15, 0.2) is 0 Å². The molecule has 1 fully saturated rings. The van der Waals surface area contributed by atoms with E-state index in [0.29, 0.717) is 0 Å². The molecule has 0 aromatic carbocycles. The summed E-state index contributed by atoms with van der Waals surface area (Å²) in [6.45, 7) is 8.93. The van der Waals surface area contributed by atoms with E-state index in [1.807, 2.05) is 6.92 Å². The van der Waals surface area contributed by atoms with Gasteiger partial charge in [-0.05, 0) is 30.6 Å². The van der Waals surface area contributed by atoms with Crippen molar-refractivity contribution in [3.63, 3.8) is 0 Å². The lowest BCUT2D eigenvalue weighted by molar-refractivity contribution is 0.265. The highest BCUT2D eigenvalue weighted by atomic mass is 16.5. The second-order valence-electron chi connectivity index (χ2n) is 2.93. The van der Waals surface area contributed by atoms with Gasteiger partial charge in [-0.15, -0.1) is 0 Å². The number of hydrogen-bond acceptors (Lipinski definition) is 1. The van der Waals surface area contributed by atoms with Crippen LogP contribution < -0.4 is 0 Å². The van der Waals surface area contributed by atoms with Gasteiger partial charge >= 0.3 is 0 Å². The van der Waals surface area contributed by atoms with Crippen LogP contribution in [0, 0.1) is 0 Å². The highest BCUT2D eigenvalue weighted by molar-refractivity contribution is 5.33. The maximum absolute atomic E-state index is 5.42. The Labute approximate surface area is 74.4 Å². The molecule has 0 unspecified atom stereocenters. The van der Waals surface area contributed by atoms with Crippen LogP contribution in [0.15, 0.2) is 35.6 Å². The van der Waals surface area contributed by atoms with E-state index in [1.54, 1.807) is 0 Å². The summed E-state index contributed by atoms with van der Waals surface area (Å²) in [5.41, 5.74) is 2.44. The molecule has 0 aromatic rings. The molecule has 1 nitrogen and oxygen atoms in total. The predicted molar refractivity (Wildman–Crippen MR) is 51.8 cm³/mol. The molecule has 1 aliphatic rings. The fourth-order valence-electron chi connectivity index (χ4n) is 1.21. The van der Waals surface area contributed by atoms with Gasteiger partial charge in [0.1, 0.15) is 5.76 Å². The van der Waals surface area contributed by atoms with Gasteiger partial charge in [0.25, 0.3) is 0 Å². The van der Waals surface area contributed by atoms with E-state index >= 15 is 0 Å². The lowest BCUT2D eigenvalue weighted by atomic mass is 10.1. The van der Waals surface area contributed by atoms with Gasteiger partial charge in [0.05, 0.1) is 6.61 Å². The monoisotopic (exact) mass is 164 g/mol. The summed E-state index contributed by atoms with van der Waals surface area (Å²) in [6.07, 6.45) is 6.24. The van der Waals surface area contributed by atoms with E-state index in [4.69, 9.17) is 4.74 Å². The molecule has 1 rings (SSSR count). The zero-order valence-corrected chi connectivity index (χ0v) is 7.89. The number of rotatable bonds is 2. The van der Waals surface area contributed by atoms with Gasteiger partial charge in [-0.3, -0.25) is 0 Å². The van der Waals surface area contributed by atoms with Crippen LogP contribution in [0.4, 0.5) is 0 Å². The first-order valence-corrected chi connectivity index (χ1v) is 4.45. The molecule has 0 N–H and O–H groups in total. The Balaban J connectivity index is 2.73. The average molecular weight is 164 g/mol. The Morgan fingerprint density at radius 1 is 1.67 bits per heavy atom. The second kappa shape index (κ2) is 4.15. The lowest BCUT2D eigenvalue weighted by Gasteiger charge is -2.00. The van der Waals surface area contributed by atoms with E-state index in [0.717, 1.165) is 30.8 Å². The van der Waals surface area contributed by atoms with Crippen molar-refractivity contribution in [1.29, 1.82) is 0 Å². The summed E-state index contributed by atoms with van der Waals surface area (Å²) < 4.78 is 5.42. The third-order valence-electron chi connectivity index (χ3n) is 2.11. The van der Waals surface area contributed by atoms with Gasteiger partial charge in [-0.1, -0.05) is 19.6 Å². The predicted octanol–water partition coefficient (Wildman–Crippen LogP) is 3.20. The maximum Gasteiger partial charge on any atom is 0.122 e. The molecule has 1 heterocycles. The van der Waals surface area contributed by atoms with Crippen molar-refractivity contribution < 1.29 is 4.74 Å². The Hall–Kier alpha value is -0.980. The number of ether oxygens (including phenoxy) is 1. The zero-order chi connectivity index (χ0) is 8.97. The van der Waals surface area contributed by atoms with Gasteiger partial charge < -0.3 is 4.74 Å². The smallest absolute Gasteiger partial charge is 0.122 e. The molecule has 0 aromatic heterocycles. The first-order chi connectivity index (χ1) is 5.77. The summed E-state index contributed by atoms with van der Waals surface area (Å²) in [5.74, 6) is 0.977. The highest BCUT2D eigenvalue weighted by Gasteiger charge is 2.11. The first kappa shape index (κ1) is 9.11. The van der Waals surface area contributed by atoms with Crippen molar-refractivity contribution >= 4 is 0 Å². The fourth-order valence-corrected chi connectivity index (χ4v) is 1.21. The van der Waals surface area contributed by atoms with Crippen LogP contribution in [0.1, 0.15) is 26.7 Å². The van der Waals surface area contributed by atoms with Crippen molar-refractivity contribution in [2.45, 2.75) is 26.7 Å². The molecule has 12 heavy (non-hydrogen) atoms. The Morgan fingerprint density at radius 2 is 2.42 bits per heavy atom. The summed E-state index contributed by atoms with van der Waals surface area (Å²) in [7, 11) is 0. The minimum atomic E-state index is 0.797. The minimum Gasteiger partial charge on any atom is -0.493 e. The van der Waals surface area contributed by atoms with E-state index in [-0.39, 0.29) is 0 Å². The topological polar surface area (TPSA) is 9.23 Å². The molecule has 0 amide bonds. The molecule has 66 valence electrons. The highest BCUT2D eigenvalue weighted by Crippen LogP contribution is 2.23. The largest absolute Gasteiger partial charge is 0.493 e. The quantitative estimate of drug-likeness (QED) is 0.609. The third-order valence-corrected chi connectivity index (χ3v) is 2.11. The van der Waals surface area contributed by atoms with E-state index in [1.165, 1.54) is 5.57 Å². The molecule has 0 radical (unpaired) electrons. The Morgan fingerprint density at radius 3 is 2.83 bits per heavy atom. The van der Waals surface area contributed by atoms with E-state index in [2.05, 4.69) is 25.7 Å². The van der Waals surface area contributed by atoms with Gasteiger partial charge in [0.2, 0.25) is 0 Å². The summed E-state index contributed by atoms with van der Waals surface area (Å²) in [5, 5.41) is 0. The molecule has 1 heteroatoms. The molecular formula is C11H16O. The van der Waals surface area contributed by atoms with Gasteiger partial charge in [0, 0.05) is 6.42 Å².